The van der Waals surface area contributed by atoms with Crippen LogP contribution in [0.2, 0.25) is 0 Å². The zero-order valence-corrected chi connectivity index (χ0v) is 11.6. The van der Waals surface area contributed by atoms with Gasteiger partial charge in [0, 0.05) is 11.9 Å². The molecule has 7 nitrogen and oxygen atoms in total. The number of hydrogen-bond acceptors (Lipinski definition) is 6. The number of hydrogen-bond donors (Lipinski definition) is 1. The molecule has 0 aliphatic rings. The molecular weight excluding hydrogens is 270 g/mol. The quantitative estimate of drug-likeness (QED) is 0.789. The van der Waals surface area contributed by atoms with E-state index in [-0.39, 0.29) is 17.4 Å². The smallest absolute Gasteiger partial charge is 0.263 e. The fourth-order valence-electron chi connectivity index (χ4n) is 1.85. The molecule has 7 heteroatoms. The highest BCUT2D eigenvalue weighted by Gasteiger charge is 2.15. The van der Waals surface area contributed by atoms with Crippen molar-refractivity contribution in [2.45, 2.75) is 19.8 Å². The lowest BCUT2D eigenvalue weighted by atomic mass is 10.1. The highest BCUT2D eigenvalue weighted by atomic mass is 16.5. The Morgan fingerprint density at radius 3 is 2.76 bits per heavy atom. The summed E-state index contributed by atoms with van der Waals surface area (Å²) in [5.74, 6) is 0.697. The molecule has 0 aromatic carbocycles. The lowest BCUT2D eigenvalue weighted by Gasteiger charge is -2.04. The molecule has 0 radical (unpaired) electrons. The molecular formula is C14H13N5O2. The Hall–Kier alpha value is -2.83. The van der Waals surface area contributed by atoms with Crippen molar-refractivity contribution >= 4 is 0 Å². The Bertz CT molecular complexity index is 807. The van der Waals surface area contributed by atoms with E-state index in [1.54, 1.807) is 24.4 Å². The zero-order chi connectivity index (χ0) is 14.8. The van der Waals surface area contributed by atoms with Crippen LogP contribution in [-0.4, -0.2) is 25.3 Å². The zero-order valence-electron chi connectivity index (χ0n) is 11.6. The summed E-state index contributed by atoms with van der Waals surface area (Å²) in [5.41, 5.74) is 1.43. The van der Waals surface area contributed by atoms with Crippen molar-refractivity contribution < 1.29 is 4.52 Å². The van der Waals surface area contributed by atoms with Crippen molar-refractivity contribution in [3.63, 3.8) is 0 Å². The molecule has 3 aromatic heterocycles. The minimum atomic E-state index is -0.254. The van der Waals surface area contributed by atoms with Crippen LogP contribution in [0.3, 0.4) is 0 Å². The monoisotopic (exact) mass is 283 g/mol. The van der Waals surface area contributed by atoms with Gasteiger partial charge in [-0.15, -0.1) is 5.10 Å². The van der Waals surface area contributed by atoms with E-state index in [2.05, 4.69) is 25.3 Å². The van der Waals surface area contributed by atoms with Crippen LogP contribution in [0.1, 0.15) is 25.5 Å². The molecule has 3 aromatic rings. The van der Waals surface area contributed by atoms with Crippen LogP contribution in [-0.2, 0) is 0 Å². The Morgan fingerprint density at radius 2 is 2.10 bits per heavy atom. The molecule has 3 rings (SSSR count). The van der Waals surface area contributed by atoms with E-state index in [0.29, 0.717) is 17.1 Å². The molecule has 21 heavy (non-hydrogen) atoms. The van der Waals surface area contributed by atoms with Gasteiger partial charge >= 0.3 is 0 Å². The summed E-state index contributed by atoms with van der Waals surface area (Å²) >= 11 is 0. The maximum atomic E-state index is 12.1. The van der Waals surface area contributed by atoms with Crippen LogP contribution in [0.4, 0.5) is 0 Å². The number of aromatic nitrogens is 5. The van der Waals surface area contributed by atoms with Gasteiger partial charge in [-0.05, 0) is 30.2 Å². The largest absolute Gasteiger partial charge is 0.333 e. The molecule has 1 N–H and O–H groups in total. The van der Waals surface area contributed by atoms with Gasteiger partial charge in [-0.25, -0.2) is 0 Å². The van der Waals surface area contributed by atoms with Crippen LogP contribution in [0.15, 0.2) is 39.8 Å². The van der Waals surface area contributed by atoms with Crippen LogP contribution in [0.25, 0.3) is 23.0 Å². The van der Waals surface area contributed by atoms with E-state index >= 15 is 0 Å². The summed E-state index contributed by atoms with van der Waals surface area (Å²) < 4.78 is 5.14. The van der Waals surface area contributed by atoms with Crippen molar-refractivity contribution in [1.29, 1.82) is 0 Å². The van der Waals surface area contributed by atoms with Gasteiger partial charge in [0.05, 0.1) is 0 Å². The van der Waals surface area contributed by atoms with Crippen LogP contribution in [0.5, 0.6) is 0 Å². The fourth-order valence-corrected chi connectivity index (χ4v) is 1.85. The van der Waals surface area contributed by atoms with Crippen molar-refractivity contribution in [2.24, 2.45) is 0 Å². The third kappa shape index (κ3) is 2.58. The van der Waals surface area contributed by atoms with Gasteiger partial charge in [-0.3, -0.25) is 4.79 Å². The molecule has 0 spiro atoms. The average molecular weight is 283 g/mol. The number of rotatable bonds is 3. The molecule has 0 amide bonds. The van der Waals surface area contributed by atoms with E-state index < -0.39 is 0 Å². The molecule has 0 unspecified atom stereocenters. The highest BCUT2D eigenvalue weighted by molar-refractivity contribution is 5.56. The second-order valence-corrected chi connectivity index (χ2v) is 4.84. The lowest BCUT2D eigenvalue weighted by molar-refractivity contribution is 0.431. The van der Waals surface area contributed by atoms with Gasteiger partial charge in [0.1, 0.15) is 11.3 Å². The normalized spacial score (nSPS) is 11.0. The number of nitrogens with zero attached hydrogens (tertiary/aromatic N) is 4. The van der Waals surface area contributed by atoms with Crippen LogP contribution >= 0.6 is 0 Å². The molecule has 3 heterocycles. The van der Waals surface area contributed by atoms with E-state index in [0.717, 1.165) is 5.69 Å². The summed E-state index contributed by atoms with van der Waals surface area (Å²) in [6, 6.07) is 6.96. The molecule has 0 atom stereocenters. The van der Waals surface area contributed by atoms with E-state index in [4.69, 9.17) is 4.52 Å². The Morgan fingerprint density at radius 1 is 1.24 bits per heavy atom. The van der Waals surface area contributed by atoms with Crippen LogP contribution < -0.4 is 5.56 Å². The molecule has 0 bridgehead atoms. The summed E-state index contributed by atoms with van der Waals surface area (Å²) in [6.07, 6.45) is 1.56. The van der Waals surface area contributed by atoms with Crippen molar-refractivity contribution in [3.8, 4) is 23.0 Å². The SMILES string of the molecule is CC(C)c1ccc(-c2nc(-c3cccnn3)no2)c(=O)[nH]1. The number of aromatic amines is 1. The van der Waals surface area contributed by atoms with Gasteiger partial charge in [0.15, 0.2) is 0 Å². The summed E-state index contributed by atoms with van der Waals surface area (Å²) in [6.45, 7) is 4.01. The van der Waals surface area contributed by atoms with Gasteiger partial charge in [0.2, 0.25) is 5.82 Å². The van der Waals surface area contributed by atoms with E-state index in [9.17, 15) is 4.79 Å². The summed E-state index contributed by atoms with van der Waals surface area (Å²) in [4.78, 5) is 19.1. The second-order valence-electron chi connectivity index (χ2n) is 4.84. The lowest BCUT2D eigenvalue weighted by Crippen LogP contribution is -2.12. The van der Waals surface area contributed by atoms with Crippen molar-refractivity contribution in [2.75, 3.05) is 0 Å². The van der Waals surface area contributed by atoms with E-state index in [1.807, 2.05) is 19.9 Å². The minimum Gasteiger partial charge on any atom is -0.333 e. The molecule has 0 saturated heterocycles. The average Bonchev–Trinajstić information content (AvgIpc) is 2.97. The topological polar surface area (TPSA) is 97.6 Å². The first-order chi connectivity index (χ1) is 10.1. The van der Waals surface area contributed by atoms with Gasteiger partial charge < -0.3 is 9.51 Å². The maximum absolute atomic E-state index is 12.1. The first-order valence-corrected chi connectivity index (χ1v) is 6.50. The highest BCUT2D eigenvalue weighted by Crippen LogP contribution is 2.19. The van der Waals surface area contributed by atoms with Crippen molar-refractivity contribution in [1.82, 2.24) is 25.3 Å². The standard InChI is InChI=1S/C14H13N5O2/c1-8(2)10-6-5-9(13(20)16-10)14-17-12(19-21-14)11-4-3-7-15-18-11/h3-8H,1-2H3,(H,16,20). The Kier molecular flexibility index (Phi) is 3.31. The Labute approximate surface area is 120 Å². The first-order valence-electron chi connectivity index (χ1n) is 6.50. The van der Waals surface area contributed by atoms with Crippen LogP contribution in [0, 0.1) is 0 Å². The first kappa shape index (κ1) is 13.2. The molecule has 0 saturated carbocycles. The Balaban J connectivity index is 1.99. The molecule has 0 fully saturated rings. The van der Waals surface area contributed by atoms with E-state index in [1.165, 1.54) is 0 Å². The summed E-state index contributed by atoms with van der Waals surface area (Å²) in [5, 5.41) is 11.5. The number of nitrogens with one attached hydrogen (secondary N) is 1. The van der Waals surface area contributed by atoms with Gasteiger partial charge in [-0.1, -0.05) is 19.0 Å². The maximum Gasteiger partial charge on any atom is 0.263 e. The second kappa shape index (κ2) is 5.28. The molecule has 0 aliphatic heterocycles. The minimum absolute atomic E-state index is 0.159. The third-order valence-corrected chi connectivity index (χ3v) is 3.01. The number of pyridine rings is 1. The summed E-state index contributed by atoms with van der Waals surface area (Å²) in [7, 11) is 0. The predicted octanol–water partition coefficient (Wildman–Crippen LogP) is 2.01. The van der Waals surface area contributed by atoms with Gasteiger partial charge in [-0.2, -0.15) is 10.1 Å². The third-order valence-electron chi connectivity index (χ3n) is 3.01. The predicted molar refractivity (Wildman–Crippen MR) is 75.5 cm³/mol. The molecule has 106 valence electrons. The fraction of sp³-hybridized carbons (Fsp3) is 0.214. The molecule has 0 aliphatic carbocycles. The number of H-pyrrole nitrogens is 1. The van der Waals surface area contributed by atoms with Gasteiger partial charge in [0.25, 0.3) is 11.4 Å². The van der Waals surface area contributed by atoms with Crippen molar-refractivity contribution in [3.05, 3.63) is 46.5 Å².